The van der Waals surface area contributed by atoms with E-state index in [4.69, 9.17) is 14.4 Å². The maximum atomic E-state index is 12.1. The van der Waals surface area contributed by atoms with Crippen LogP contribution in [-0.2, 0) is 4.79 Å². The highest BCUT2D eigenvalue weighted by Gasteiger charge is 2.11. The van der Waals surface area contributed by atoms with Gasteiger partial charge in [0.2, 0.25) is 0 Å². The van der Waals surface area contributed by atoms with Gasteiger partial charge in [0.15, 0.2) is 0 Å². The SMILES string of the molecule is CC(C)Oc1cccc(NC(=O)/C(C#N)=C\c2ccco2)c1. The van der Waals surface area contributed by atoms with Gasteiger partial charge in [0.05, 0.1) is 12.4 Å². The van der Waals surface area contributed by atoms with E-state index in [0.717, 1.165) is 0 Å². The number of rotatable bonds is 5. The number of anilines is 1. The zero-order valence-electron chi connectivity index (χ0n) is 12.4. The fourth-order valence-electron chi connectivity index (χ4n) is 1.78. The second kappa shape index (κ2) is 7.14. The van der Waals surface area contributed by atoms with Crippen LogP contribution in [0.15, 0.2) is 52.7 Å². The van der Waals surface area contributed by atoms with Gasteiger partial charge in [-0.05, 0) is 38.1 Å². The van der Waals surface area contributed by atoms with Crippen molar-refractivity contribution in [3.05, 3.63) is 54.0 Å². The summed E-state index contributed by atoms with van der Waals surface area (Å²) in [7, 11) is 0. The van der Waals surface area contributed by atoms with Gasteiger partial charge in [-0.25, -0.2) is 0 Å². The quantitative estimate of drug-likeness (QED) is 0.675. The number of furan rings is 1. The van der Waals surface area contributed by atoms with Gasteiger partial charge in [0, 0.05) is 17.8 Å². The summed E-state index contributed by atoms with van der Waals surface area (Å²) in [5.41, 5.74) is 0.522. The van der Waals surface area contributed by atoms with E-state index < -0.39 is 5.91 Å². The van der Waals surface area contributed by atoms with Gasteiger partial charge in [0.25, 0.3) is 5.91 Å². The molecule has 0 aliphatic rings. The van der Waals surface area contributed by atoms with Gasteiger partial charge in [-0.1, -0.05) is 6.07 Å². The number of amides is 1. The molecule has 0 spiro atoms. The third kappa shape index (κ3) is 4.25. The predicted octanol–water partition coefficient (Wildman–Crippen LogP) is 3.61. The fourth-order valence-corrected chi connectivity index (χ4v) is 1.78. The van der Waals surface area contributed by atoms with E-state index in [1.165, 1.54) is 12.3 Å². The lowest BCUT2D eigenvalue weighted by molar-refractivity contribution is -0.112. The second-order valence-corrected chi connectivity index (χ2v) is 4.83. The van der Waals surface area contributed by atoms with Crippen LogP contribution < -0.4 is 10.1 Å². The first kappa shape index (κ1) is 15.4. The predicted molar refractivity (Wildman–Crippen MR) is 83.1 cm³/mol. The van der Waals surface area contributed by atoms with Crippen LogP contribution in [0.5, 0.6) is 5.75 Å². The summed E-state index contributed by atoms with van der Waals surface area (Å²) in [6.45, 7) is 3.84. The van der Waals surface area contributed by atoms with E-state index in [-0.39, 0.29) is 11.7 Å². The summed E-state index contributed by atoms with van der Waals surface area (Å²) in [4.78, 5) is 12.1. The van der Waals surface area contributed by atoms with Crippen LogP contribution >= 0.6 is 0 Å². The molecular formula is C17H16N2O3. The molecule has 112 valence electrons. The molecule has 0 radical (unpaired) electrons. The number of ether oxygens (including phenoxy) is 1. The Balaban J connectivity index is 2.12. The van der Waals surface area contributed by atoms with Crippen LogP contribution in [0.3, 0.4) is 0 Å². The van der Waals surface area contributed by atoms with E-state index in [9.17, 15) is 4.79 Å². The van der Waals surface area contributed by atoms with Crippen LogP contribution in [-0.4, -0.2) is 12.0 Å². The Kier molecular flexibility index (Phi) is 4.99. The molecule has 1 N–H and O–H groups in total. The summed E-state index contributed by atoms with van der Waals surface area (Å²) in [6.07, 6.45) is 2.91. The molecule has 1 heterocycles. The lowest BCUT2D eigenvalue weighted by atomic mass is 10.2. The van der Waals surface area contributed by atoms with Gasteiger partial charge < -0.3 is 14.5 Å². The molecule has 0 aliphatic carbocycles. The molecule has 0 aliphatic heterocycles. The molecule has 5 nitrogen and oxygen atoms in total. The van der Waals surface area contributed by atoms with Crippen molar-refractivity contribution in [1.29, 1.82) is 5.26 Å². The summed E-state index contributed by atoms with van der Waals surface area (Å²) < 4.78 is 10.7. The summed E-state index contributed by atoms with van der Waals surface area (Å²) in [5.74, 6) is 0.602. The molecule has 1 aromatic heterocycles. The Morgan fingerprint density at radius 2 is 2.18 bits per heavy atom. The minimum atomic E-state index is -0.499. The van der Waals surface area contributed by atoms with E-state index in [0.29, 0.717) is 17.2 Å². The molecule has 0 unspecified atom stereocenters. The molecule has 2 rings (SSSR count). The summed E-state index contributed by atoms with van der Waals surface area (Å²) in [6, 6.07) is 12.2. The highest BCUT2D eigenvalue weighted by atomic mass is 16.5. The zero-order valence-corrected chi connectivity index (χ0v) is 12.4. The number of carbonyl (C=O) groups is 1. The van der Waals surface area contributed by atoms with Crippen molar-refractivity contribution in [3.8, 4) is 11.8 Å². The van der Waals surface area contributed by atoms with Crippen LogP contribution in [0.1, 0.15) is 19.6 Å². The number of carbonyl (C=O) groups excluding carboxylic acids is 1. The number of nitriles is 1. The Labute approximate surface area is 128 Å². The number of benzene rings is 1. The van der Waals surface area contributed by atoms with Gasteiger partial charge in [0.1, 0.15) is 23.2 Å². The van der Waals surface area contributed by atoms with E-state index in [1.807, 2.05) is 19.9 Å². The molecule has 1 aromatic carbocycles. The Morgan fingerprint density at radius 3 is 2.82 bits per heavy atom. The molecule has 0 saturated carbocycles. The standard InChI is InChI=1S/C17H16N2O3/c1-12(2)22-16-6-3-5-14(10-16)19-17(20)13(11-18)9-15-7-4-8-21-15/h3-10,12H,1-2H3,(H,19,20)/b13-9-. The largest absolute Gasteiger partial charge is 0.491 e. The van der Waals surface area contributed by atoms with Crippen LogP contribution in [0.25, 0.3) is 6.08 Å². The maximum absolute atomic E-state index is 12.1. The number of hydrogen-bond donors (Lipinski definition) is 1. The first-order chi connectivity index (χ1) is 10.6. The van der Waals surface area contributed by atoms with Gasteiger partial charge in [-0.2, -0.15) is 5.26 Å². The monoisotopic (exact) mass is 296 g/mol. The van der Waals surface area contributed by atoms with Gasteiger partial charge >= 0.3 is 0 Å². The summed E-state index contributed by atoms with van der Waals surface area (Å²) in [5, 5.41) is 11.8. The average Bonchev–Trinajstić information content (AvgIpc) is 2.97. The number of hydrogen-bond acceptors (Lipinski definition) is 4. The molecule has 0 bridgehead atoms. The molecular weight excluding hydrogens is 280 g/mol. The van der Waals surface area contributed by atoms with E-state index in [2.05, 4.69) is 5.32 Å². The maximum Gasteiger partial charge on any atom is 0.266 e. The van der Waals surface area contributed by atoms with Crippen LogP contribution in [0.4, 0.5) is 5.69 Å². The van der Waals surface area contributed by atoms with Crippen molar-refractivity contribution in [2.24, 2.45) is 0 Å². The van der Waals surface area contributed by atoms with Crippen molar-refractivity contribution in [1.82, 2.24) is 0 Å². The third-order valence-electron chi connectivity index (χ3n) is 2.66. The van der Waals surface area contributed by atoms with Gasteiger partial charge in [-0.3, -0.25) is 4.79 Å². The van der Waals surface area contributed by atoms with Crippen LogP contribution in [0.2, 0.25) is 0 Å². The van der Waals surface area contributed by atoms with Gasteiger partial charge in [-0.15, -0.1) is 0 Å². The molecule has 0 atom stereocenters. The Bertz CT molecular complexity index is 710. The Morgan fingerprint density at radius 1 is 1.36 bits per heavy atom. The lowest BCUT2D eigenvalue weighted by Gasteiger charge is -2.11. The third-order valence-corrected chi connectivity index (χ3v) is 2.66. The molecule has 22 heavy (non-hydrogen) atoms. The number of nitrogens with one attached hydrogen (secondary N) is 1. The average molecular weight is 296 g/mol. The van der Waals surface area contributed by atoms with Crippen molar-refractivity contribution >= 4 is 17.7 Å². The fraction of sp³-hybridized carbons (Fsp3) is 0.176. The highest BCUT2D eigenvalue weighted by molar-refractivity contribution is 6.09. The highest BCUT2D eigenvalue weighted by Crippen LogP contribution is 2.19. The minimum absolute atomic E-state index is 0.0369. The molecule has 5 heteroatoms. The smallest absolute Gasteiger partial charge is 0.266 e. The Hall–Kier alpha value is -3.00. The minimum Gasteiger partial charge on any atom is -0.491 e. The van der Waals surface area contributed by atoms with Crippen LogP contribution in [0, 0.1) is 11.3 Å². The van der Waals surface area contributed by atoms with Crippen molar-refractivity contribution < 1.29 is 13.9 Å². The van der Waals surface area contributed by atoms with Crippen molar-refractivity contribution in [3.63, 3.8) is 0 Å². The van der Waals surface area contributed by atoms with Crippen molar-refractivity contribution in [2.45, 2.75) is 20.0 Å². The molecule has 0 fully saturated rings. The number of nitrogens with zero attached hydrogens (tertiary/aromatic N) is 1. The lowest BCUT2D eigenvalue weighted by Crippen LogP contribution is -2.13. The zero-order chi connectivity index (χ0) is 15.9. The topological polar surface area (TPSA) is 75.3 Å². The van der Waals surface area contributed by atoms with E-state index in [1.54, 1.807) is 36.4 Å². The summed E-state index contributed by atoms with van der Waals surface area (Å²) >= 11 is 0. The first-order valence-electron chi connectivity index (χ1n) is 6.82. The first-order valence-corrected chi connectivity index (χ1v) is 6.82. The normalized spacial score (nSPS) is 11.1. The molecule has 1 amide bonds. The second-order valence-electron chi connectivity index (χ2n) is 4.83. The van der Waals surface area contributed by atoms with E-state index >= 15 is 0 Å². The molecule has 0 saturated heterocycles. The molecule has 2 aromatic rings. The van der Waals surface area contributed by atoms with Crippen molar-refractivity contribution in [2.75, 3.05) is 5.32 Å².